The van der Waals surface area contributed by atoms with Crippen LogP contribution in [0.15, 0.2) is 6.07 Å². The van der Waals surface area contributed by atoms with Crippen molar-refractivity contribution in [3.63, 3.8) is 0 Å². The normalized spacial score (nSPS) is 13.2. The van der Waals surface area contributed by atoms with Crippen LogP contribution in [0.4, 0.5) is 0 Å². The number of carbonyl (C=O) groups excluding carboxylic acids is 2. The van der Waals surface area contributed by atoms with Gasteiger partial charge in [0.1, 0.15) is 22.6 Å². The van der Waals surface area contributed by atoms with Crippen LogP contribution in [-0.4, -0.2) is 36.4 Å². The van der Waals surface area contributed by atoms with Gasteiger partial charge in [-0.3, -0.25) is 0 Å². The van der Waals surface area contributed by atoms with Crippen molar-refractivity contribution in [3.05, 3.63) is 22.8 Å². The number of cyclic esters (lactones) is 2. The van der Waals surface area contributed by atoms with Crippen LogP contribution in [-0.2, 0) is 4.74 Å². The van der Waals surface area contributed by atoms with Crippen molar-refractivity contribution in [1.82, 2.24) is 0 Å². The van der Waals surface area contributed by atoms with Gasteiger partial charge < -0.3 is 24.4 Å². The van der Waals surface area contributed by atoms with Crippen molar-refractivity contribution in [3.8, 4) is 23.0 Å². The number of hydrogen-bond donors (Lipinski definition) is 2. The number of aromatic hydroxyl groups is 2. The van der Waals surface area contributed by atoms with Gasteiger partial charge in [0.25, 0.3) is 0 Å². The Morgan fingerprint density at radius 3 is 2.09 bits per heavy atom. The van der Waals surface area contributed by atoms with Gasteiger partial charge in [0.05, 0.1) is 14.2 Å². The Balaban J connectivity index is 2.68. The molecule has 2 aromatic carbocycles. The van der Waals surface area contributed by atoms with Gasteiger partial charge in [-0.05, 0) is 6.92 Å². The Labute approximate surface area is 124 Å². The Bertz CT molecular complexity index is 851. The number of ether oxygens (including phenoxy) is 3. The van der Waals surface area contributed by atoms with Crippen molar-refractivity contribution in [2.24, 2.45) is 0 Å². The molecule has 0 unspecified atom stereocenters. The lowest BCUT2D eigenvalue weighted by Gasteiger charge is -2.22. The van der Waals surface area contributed by atoms with Crippen LogP contribution in [0, 0.1) is 6.92 Å². The fraction of sp³-hybridized carbons (Fsp3) is 0.200. The third-order valence-corrected chi connectivity index (χ3v) is 3.73. The molecule has 0 amide bonds. The first kappa shape index (κ1) is 14.0. The predicted octanol–water partition coefficient (Wildman–Crippen LogP) is 1.89. The van der Waals surface area contributed by atoms with Crippen molar-refractivity contribution in [1.29, 1.82) is 0 Å². The zero-order valence-electron chi connectivity index (χ0n) is 12.0. The lowest BCUT2D eigenvalue weighted by molar-refractivity contribution is 0.0386. The maximum atomic E-state index is 12.1. The predicted molar refractivity (Wildman–Crippen MR) is 74.9 cm³/mol. The van der Waals surface area contributed by atoms with Gasteiger partial charge in [-0.15, -0.1) is 0 Å². The number of methoxy groups -OCH3 is 2. The van der Waals surface area contributed by atoms with Gasteiger partial charge in [-0.25, -0.2) is 9.59 Å². The molecule has 0 bridgehead atoms. The smallest absolute Gasteiger partial charge is 0.350 e. The third-order valence-electron chi connectivity index (χ3n) is 3.73. The SMILES string of the molecule is COc1cc(OC)c2c(C)c(O)c(O)c3c2c1C(=O)OC3=O. The molecule has 22 heavy (non-hydrogen) atoms. The molecule has 114 valence electrons. The number of aryl methyl sites for hydroxylation is 1. The van der Waals surface area contributed by atoms with E-state index in [0.717, 1.165) is 0 Å². The zero-order chi connectivity index (χ0) is 16.2. The topological polar surface area (TPSA) is 102 Å². The van der Waals surface area contributed by atoms with E-state index in [4.69, 9.17) is 9.47 Å². The standard InChI is InChI=1S/C15H12O7/c1-5-8-6(20-2)4-7(21-3)9-10(8)11(13(17)12(5)16)15(19)22-14(9)18/h4,16-17H,1-3H3. The maximum absolute atomic E-state index is 12.1. The van der Waals surface area contributed by atoms with Crippen molar-refractivity contribution < 1.29 is 34.0 Å². The highest BCUT2D eigenvalue weighted by Gasteiger charge is 2.36. The van der Waals surface area contributed by atoms with Gasteiger partial charge in [0.2, 0.25) is 0 Å². The molecule has 0 aromatic heterocycles. The summed E-state index contributed by atoms with van der Waals surface area (Å²) in [6, 6.07) is 1.46. The summed E-state index contributed by atoms with van der Waals surface area (Å²) in [4.78, 5) is 24.0. The highest BCUT2D eigenvalue weighted by molar-refractivity contribution is 6.25. The van der Waals surface area contributed by atoms with Crippen LogP contribution in [0.3, 0.4) is 0 Å². The molecule has 0 saturated heterocycles. The fourth-order valence-corrected chi connectivity index (χ4v) is 2.70. The molecule has 1 aliphatic rings. The van der Waals surface area contributed by atoms with Crippen LogP contribution in [0.5, 0.6) is 23.0 Å². The summed E-state index contributed by atoms with van der Waals surface area (Å²) in [5.41, 5.74) is -0.00398. The van der Waals surface area contributed by atoms with Crippen molar-refractivity contribution in [2.45, 2.75) is 6.92 Å². The Hall–Kier alpha value is -2.96. The fourth-order valence-electron chi connectivity index (χ4n) is 2.70. The molecule has 7 heteroatoms. The highest BCUT2D eigenvalue weighted by Crippen LogP contribution is 2.49. The summed E-state index contributed by atoms with van der Waals surface area (Å²) >= 11 is 0. The first-order valence-electron chi connectivity index (χ1n) is 6.32. The number of hydrogen-bond acceptors (Lipinski definition) is 7. The van der Waals surface area contributed by atoms with Crippen molar-refractivity contribution >= 4 is 22.7 Å². The monoisotopic (exact) mass is 304 g/mol. The minimum absolute atomic E-state index is 0.00583. The quantitative estimate of drug-likeness (QED) is 0.496. The molecule has 1 aliphatic heterocycles. The highest BCUT2D eigenvalue weighted by atomic mass is 16.6. The van der Waals surface area contributed by atoms with Crippen LogP contribution < -0.4 is 9.47 Å². The molecule has 1 heterocycles. The number of carbonyl (C=O) groups is 2. The Kier molecular flexibility index (Phi) is 2.88. The van der Waals surface area contributed by atoms with E-state index in [2.05, 4.69) is 4.74 Å². The molecular formula is C15H12O7. The second-order valence-electron chi connectivity index (χ2n) is 4.78. The summed E-state index contributed by atoms with van der Waals surface area (Å²) in [5, 5.41) is 20.6. The number of rotatable bonds is 2. The molecule has 0 saturated carbocycles. The van der Waals surface area contributed by atoms with E-state index >= 15 is 0 Å². The van der Waals surface area contributed by atoms with Crippen molar-refractivity contribution in [2.75, 3.05) is 14.2 Å². The number of phenols is 2. The van der Waals surface area contributed by atoms with E-state index in [1.54, 1.807) is 0 Å². The van der Waals surface area contributed by atoms with Gasteiger partial charge in [-0.2, -0.15) is 0 Å². The lowest BCUT2D eigenvalue weighted by Crippen LogP contribution is -2.21. The summed E-state index contributed by atoms with van der Waals surface area (Å²) in [5.74, 6) is -2.58. The minimum atomic E-state index is -1.04. The molecular weight excluding hydrogens is 292 g/mol. The van der Waals surface area contributed by atoms with E-state index in [9.17, 15) is 19.8 Å². The first-order chi connectivity index (χ1) is 10.4. The van der Waals surface area contributed by atoms with Gasteiger partial charge >= 0.3 is 11.9 Å². The van der Waals surface area contributed by atoms with E-state index in [0.29, 0.717) is 11.1 Å². The summed E-state index contributed by atoms with van der Waals surface area (Å²) in [7, 11) is 2.76. The number of esters is 2. The van der Waals surface area contributed by atoms with E-state index in [1.165, 1.54) is 27.2 Å². The number of benzene rings is 2. The van der Waals surface area contributed by atoms with Crippen LogP contribution in [0.25, 0.3) is 10.8 Å². The van der Waals surface area contributed by atoms with Gasteiger partial charge in [0, 0.05) is 22.4 Å². The molecule has 7 nitrogen and oxygen atoms in total. The second-order valence-corrected chi connectivity index (χ2v) is 4.78. The molecule has 2 aromatic rings. The van der Waals surface area contributed by atoms with Crippen LogP contribution >= 0.6 is 0 Å². The Morgan fingerprint density at radius 1 is 0.909 bits per heavy atom. The second kappa shape index (κ2) is 4.52. The van der Waals surface area contributed by atoms with E-state index in [1.807, 2.05) is 0 Å². The average molecular weight is 304 g/mol. The average Bonchev–Trinajstić information content (AvgIpc) is 2.50. The van der Waals surface area contributed by atoms with Crippen LogP contribution in [0.2, 0.25) is 0 Å². The number of phenolic OH excluding ortho intramolecular Hbond substituents is 2. The molecule has 0 atom stereocenters. The minimum Gasteiger partial charge on any atom is -0.504 e. The molecule has 2 N–H and O–H groups in total. The first-order valence-corrected chi connectivity index (χ1v) is 6.32. The van der Waals surface area contributed by atoms with E-state index in [-0.39, 0.29) is 27.8 Å². The molecule has 0 aliphatic carbocycles. The van der Waals surface area contributed by atoms with E-state index < -0.39 is 23.4 Å². The van der Waals surface area contributed by atoms with Gasteiger partial charge in [0.15, 0.2) is 11.5 Å². The maximum Gasteiger partial charge on any atom is 0.350 e. The van der Waals surface area contributed by atoms with Crippen LogP contribution in [0.1, 0.15) is 26.3 Å². The largest absolute Gasteiger partial charge is 0.504 e. The summed E-state index contributed by atoms with van der Waals surface area (Å²) in [6.45, 7) is 1.54. The summed E-state index contributed by atoms with van der Waals surface area (Å²) < 4.78 is 15.0. The Morgan fingerprint density at radius 2 is 1.50 bits per heavy atom. The molecule has 0 radical (unpaired) electrons. The lowest BCUT2D eigenvalue weighted by atomic mass is 9.91. The molecule has 0 fully saturated rings. The summed E-state index contributed by atoms with van der Waals surface area (Å²) in [6.07, 6.45) is 0. The molecule has 0 spiro atoms. The molecule has 3 rings (SSSR count). The zero-order valence-corrected chi connectivity index (χ0v) is 12.0. The van der Waals surface area contributed by atoms with Gasteiger partial charge in [-0.1, -0.05) is 0 Å². The third kappa shape index (κ3) is 1.56.